The second kappa shape index (κ2) is 11.4. The monoisotopic (exact) mass is 721 g/mol. The van der Waals surface area contributed by atoms with Crippen LogP contribution in [-0.2, 0) is 11.8 Å². The van der Waals surface area contributed by atoms with E-state index in [2.05, 4.69) is 205 Å². The summed E-state index contributed by atoms with van der Waals surface area (Å²) in [4.78, 5) is 0. The highest BCUT2D eigenvalue weighted by Crippen LogP contribution is 2.63. The Hall–Kier alpha value is -7.22. The van der Waals surface area contributed by atoms with Gasteiger partial charge in [-0.25, -0.2) is 0 Å². The van der Waals surface area contributed by atoms with Gasteiger partial charge >= 0.3 is 0 Å². The molecule has 1 spiro atoms. The summed E-state index contributed by atoms with van der Waals surface area (Å²) in [7, 11) is 0. The van der Waals surface area contributed by atoms with Crippen LogP contribution in [0.4, 0.5) is 0 Å². The van der Waals surface area contributed by atoms with Gasteiger partial charge in [0.2, 0.25) is 0 Å². The SMILES string of the molecule is c1ccc2c(c1)-c1ccccc1C21c2ccccc2-c2ccc(-c3ccc4c(c3)-c3cc(-c5ccc(-n6c7ccccc7c7ccccc76)cc5)ccc3C4)cc21. The Bertz CT molecular complexity index is 3200. The van der Waals surface area contributed by atoms with E-state index in [1.807, 2.05) is 0 Å². The lowest BCUT2D eigenvalue weighted by atomic mass is 9.70. The number of aromatic nitrogens is 1. The van der Waals surface area contributed by atoms with Gasteiger partial charge in [-0.2, -0.15) is 0 Å². The van der Waals surface area contributed by atoms with Crippen LogP contribution in [-0.4, -0.2) is 4.57 Å². The molecule has 264 valence electrons. The standard InChI is InChI=1S/C56H35N/c1-6-16-50-42(11-1)43-12-2-7-17-51(43)56(50)52-18-8-3-13-44(52)45-30-27-38(34-53(45)56)37-22-24-40-31-39-23-21-36(32-48(39)49(40)33-37)35-25-28-41(29-26-35)57-54-19-9-4-14-46(54)47-15-5-10-20-55(47)57/h1-30,32-34H,31H2. The summed E-state index contributed by atoms with van der Waals surface area (Å²) < 4.78 is 2.39. The average molecular weight is 722 g/mol. The molecule has 3 aliphatic carbocycles. The minimum absolute atomic E-state index is 0.343. The van der Waals surface area contributed by atoms with Crippen LogP contribution < -0.4 is 0 Å². The number of fused-ring (bicyclic) bond motifs is 16. The largest absolute Gasteiger partial charge is 0.309 e. The Kier molecular flexibility index (Phi) is 6.21. The summed E-state index contributed by atoms with van der Waals surface area (Å²) in [5.74, 6) is 0. The summed E-state index contributed by atoms with van der Waals surface area (Å²) in [5.41, 5.74) is 24.7. The van der Waals surface area contributed by atoms with Crippen molar-refractivity contribution >= 4 is 21.8 Å². The zero-order valence-electron chi connectivity index (χ0n) is 31.2. The van der Waals surface area contributed by atoms with Crippen molar-refractivity contribution in [2.24, 2.45) is 0 Å². The van der Waals surface area contributed by atoms with E-state index in [4.69, 9.17) is 0 Å². The fraction of sp³-hybridized carbons (Fsp3) is 0.0357. The molecule has 1 heterocycles. The molecule has 9 aromatic carbocycles. The van der Waals surface area contributed by atoms with E-state index in [1.165, 1.54) is 117 Å². The van der Waals surface area contributed by atoms with E-state index in [1.54, 1.807) is 0 Å². The highest BCUT2D eigenvalue weighted by molar-refractivity contribution is 6.09. The van der Waals surface area contributed by atoms with E-state index in [0.29, 0.717) is 0 Å². The van der Waals surface area contributed by atoms with E-state index in [9.17, 15) is 0 Å². The average Bonchev–Trinajstić information content (AvgIpc) is 3.99. The number of nitrogens with zero attached hydrogens (tertiary/aromatic N) is 1. The van der Waals surface area contributed by atoms with E-state index in [0.717, 1.165) is 6.42 Å². The summed E-state index contributed by atoms with van der Waals surface area (Å²) in [6.45, 7) is 0. The van der Waals surface area contributed by atoms with Gasteiger partial charge in [-0.05, 0) is 138 Å². The third-order valence-electron chi connectivity index (χ3n) is 13.3. The van der Waals surface area contributed by atoms with E-state index in [-0.39, 0.29) is 5.41 Å². The van der Waals surface area contributed by atoms with Crippen molar-refractivity contribution in [1.82, 2.24) is 4.57 Å². The molecule has 0 atom stereocenters. The first kappa shape index (κ1) is 31.0. The Labute approximate surface area is 331 Å². The van der Waals surface area contributed by atoms with Crippen LogP contribution in [0.25, 0.3) is 83.1 Å². The first-order valence-corrected chi connectivity index (χ1v) is 20.1. The van der Waals surface area contributed by atoms with Crippen LogP contribution >= 0.6 is 0 Å². The molecule has 0 aliphatic heterocycles. The van der Waals surface area contributed by atoms with E-state index >= 15 is 0 Å². The van der Waals surface area contributed by atoms with Gasteiger partial charge in [0.1, 0.15) is 0 Å². The Morgan fingerprint density at radius 2 is 0.737 bits per heavy atom. The summed E-state index contributed by atoms with van der Waals surface area (Å²) in [6, 6.07) is 75.2. The molecule has 0 saturated heterocycles. The van der Waals surface area contributed by atoms with Gasteiger partial charge in [0.15, 0.2) is 0 Å². The molecule has 0 unspecified atom stereocenters. The lowest BCUT2D eigenvalue weighted by molar-refractivity contribution is 0.794. The van der Waals surface area contributed by atoms with Gasteiger partial charge in [-0.1, -0.05) is 158 Å². The molecule has 0 fully saturated rings. The van der Waals surface area contributed by atoms with Crippen LogP contribution in [0.3, 0.4) is 0 Å². The summed E-state index contributed by atoms with van der Waals surface area (Å²) in [5, 5.41) is 2.57. The van der Waals surface area contributed by atoms with Gasteiger partial charge < -0.3 is 4.57 Å². The minimum Gasteiger partial charge on any atom is -0.309 e. The molecular formula is C56H35N. The maximum atomic E-state index is 2.50. The zero-order chi connectivity index (χ0) is 37.2. The first-order chi connectivity index (χ1) is 28.3. The molecule has 13 rings (SSSR count). The fourth-order valence-electron chi connectivity index (χ4n) is 10.8. The smallest absolute Gasteiger partial charge is 0.0725 e. The zero-order valence-corrected chi connectivity index (χ0v) is 31.2. The summed E-state index contributed by atoms with van der Waals surface area (Å²) >= 11 is 0. The van der Waals surface area contributed by atoms with Crippen molar-refractivity contribution < 1.29 is 0 Å². The number of hydrogen-bond acceptors (Lipinski definition) is 0. The molecule has 1 aromatic heterocycles. The lowest BCUT2D eigenvalue weighted by Gasteiger charge is -2.30. The minimum atomic E-state index is -0.343. The Morgan fingerprint density at radius 1 is 0.316 bits per heavy atom. The molecule has 10 aromatic rings. The molecule has 1 nitrogen and oxygen atoms in total. The molecule has 0 bridgehead atoms. The van der Waals surface area contributed by atoms with Crippen LogP contribution in [0.15, 0.2) is 200 Å². The second-order valence-corrected chi connectivity index (χ2v) is 16.0. The predicted molar refractivity (Wildman–Crippen MR) is 236 cm³/mol. The van der Waals surface area contributed by atoms with Gasteiger partial charge in [0.25, 0.3) is 0 Å². The molecule has 0 radical (unpaired) electrons. The van der Waals surface area contributed by atoms with Crippen molar-refractivity contribution in [3.63, 3.8) is 0 Å². The number of hydrogen-bond donors (Lipinski definition) is 0. The second-order valence-electron chi connectivity index (χ2n) is 16.0. The van der Waals surface area contributed by atoms with Crippen molar-refractivity contribution in [1.29, 1.82) is 0 Å². The number of rotatable bonds is 3. The van der Waals surface area contributed by atoms with Crippen LogP contribution in [0.2, 0.25) is 0 Å². The molecule has 0 N–H and O–H groups in total. The normalized spacial score (nSPS) is 13.7. The summed E-state index contributed by atoms with van der Waals surface area (Å²) in [6.07, 6.45) is 0.966. The van der Waals surface area contributed by atoms with Crippen LogP contribution in [0.1, 0.15) is 33.4 Å². The molecule has 57 heavy (non-hydrogen) atoms. The van der Waals surface area contributed by atoms with Crippen LogP contribution in [0, 0.1) is 0 Å². The van der Waals surface area contributed by atoms with Gasteiger partial charge in [-0.15, -0.1) is 0 Å². The number of benzene rings is 9. The van der Waals surface area contributed by atoms with Crippen molar-refractivity contribution in [2.45, 2.75) is 11.8 Å². The van der Waals surface area contributed by atoms with Crippen molar-refractivity contribution in [2.75, 3.05) is 0 Å². The molecular weight excluding hydrogens is 687 g/mol. The molecule has 0 saturated carbocycles. The fourth-order valence-corrected chi connectivity index (χ4v) is 10.8. The van der Waals surface area contributed by atoms with Crippen LogP contribution in [0.5, 0.6) is 0 Å². The third-order valence-corrected chi connectivity index (χ3v) is 13.3. The van der Waals surface area contributed by atoms with Gasteiger partial charge in [-0.3, -0.25) is 0 Å². The van der Waals surface area contributed by atoms with Gasteiger partial charge in [0.05, 0.1) is 16.4 Å². The molecule has 1 heteroatoms. The topological polar surface area (TPSA) is 4.93 Å². The van der Waals surface area contributed by atoms with Crippen molar-refractivity contribution in [3.05, 3.63) is 234 Å². The quantitative estimate of drug-likeness (QED) is 0.171. The van der Waals surface area contributed by atoms with Crippen molar-refractivity contribution in [3.8, 4) is 61.3 Å². The predicted octanol–water partition coefficient (Wildman–Crippen LogP) is 14.0. The highest BCUT2D eigenvalue weighted by Gasteiger charge is 2.51. The lowest BCUT2D eigenvalue weighted by Crippen LogP contribution is -2.25. The number of para-hydroxylation sites is 2. The maximum Gasteiger partial charge on any atom is 0.0725 e. The van der Waals surface area contributed by atoms with Gasteiger partial charge in [0, 0.05) is 16.5 Å². The maximum absolute atomic E-state index is 2.50. The first-order valence-electron chi connectivity index (χ1n) is 20.1. The third kappa shape index (κ3) is 4.13. The molecule has 3 aliphatic rings. The van der Waals surface area contributed by atoms with E-state index < -0.39 is 0 Å². The highest BCUT2D eigenvalue weighted by atomic mass is 15.0. The Morgan fingerprint density at radius 3 is 1.30 bits per heavy atom. The molecule has 0 amide bonds. The Balaban J connectivity index is 0.904.